The van der Waals surface area contributed by atoms with E-state index in [1.54, 1.807) is 0 Å². The Labute approximate surface area is 165 Å². The highest BCUT2D eigenvalue weighted by atomic mass is 32.2. The topological polar surface area (TPSA) is 90.4 Å². The summed E-state index contributed by atoms with van der Waals surface area (Å²) in [4.78, 5) is 25.0. The maximum Gasteiger partial charge on any atom is 0.416 e. The quantitative estimate of drug-likeness (QED) is 0.717. The van der Waals surface area contributed by atoms with Gasteiger partial charge in [-0.2, -0.15) is 22.6 Å². The monoisotopic (exact) mass is 432 g/mol. The first-order chi connectivity index (χ1) is 13.5. The summed E-state index contributed by atoms with van der Waals surface area (Å²) in [5.41, 5.74) is -0.817. The van der Waals surface area contributed by atoms with Crippen molar-refractivity contribution in [3.05, 3.63) is 29.8 Å². The smallest absolute Gasteiger partial charge is 0.335 e. The number of piperazine rings is 1. The summed E-state index contributed by atoms with van der Waals surface area (Å²) in [6.45, 7) is 0.0557. The van der Waals surface area contributed by atoms with Gasteiger partial charge in [-0.05, 0) is 18.2 Å². The van der Waals surface area contributed by atoms with Gasteiger partial charge in [-0.3, -0.25) is 9.59 Å². The largest absolute Gasteiger partial charge is 0.416 e. The predicted octanol–water partition coefficient (Wildman–Crippen LogP) is 1.15. The molecule has 2 aliphatic rings. The summed E-state index contributed by atoms with van der Waals surface area (Å²) in [6.07, 6.45) is -4.26. The molecule has 0 unspecified atom stereocenters. The minimum absolute atomic E-state index is 0.0492. The Morgan fingerprint density at radius 2 is 1.76 bits per heavy atom. The van der Waals surface area contributed by atoms with E-state index in [9.17, 15) is 31.2 Å². The highest BCUT2D eigenvalue weighted by molar-refractivity contribution is 7.89. The Bertz CT molecular complexity index is 954. The van der Waals surface area contributed by atoms with E-state index >= 15 is 0 Å². The molecule has 12 heteroatoms. The lowest BCUT2D eigenvalue weighted by atomic mass is 10.1. The van der Waals surface area contributed by atoms with Crippen molar-refractivity contribution < 1.29 is 31.2 Å². The molecule has 0 bridgehead atoms. The zero-order valence-corrected chi connectivity index (χ0v) is 16.3. The Kier molecular flexibility index (Phi) is 5.68. The summed E-state index contributed by atoms with van der Waals surface area (Å²) in [7, 11) is -2.67. The molecule has 1 fully saturated rings. The molecule has 1 saturated heterocycles. The van der Waals surface area contributed by atoms with Crippen LogP contribution in [0.15, 0.2) is 34.3 Å². The van der Waals surface area contributed by atoms with Gasteiger partial charge in [-0.15, -0.1) is 0 Å². The minimum atomic E-state index is -4.65. The first kappa shape index (κ1) is 21.2. The molecule has 158 valence electrons. The van der Waals surface area contributed by atoms with Crippen LogP contribution in [0.5, 0.6) is 0 Å². The number of hydrogen-bond donors (Lipinski definition) is 0. The molecule has 0 radical (unpaired) electrons. The van der Waals surface area contributed by atoms with E-state index in [1.807, 2.05) is 0 Å². The normalized spacial score (nSPS) is 19.3. The van der Waals surface area contributed by atoms with Gasteiger partial charge in [-0.1, -0.05) is 6.07 Å². The van der Waals surface area contributed by atoms with Crippen LogP contribution in [-0.2, 0) is 25.8 Å². The van der Waals surface area contributed by atoms with Crippen LogP contribution in [0.3, 0.4) is 0 Å². The van der Waals surface area contributed by atoms with Crippen molar-refractivity contribution in [2.75, 3.05) is 33.2 Å². The molecule has 3 rings (SSSR count). The molecule has 0 aliphatic carbocycles. The van der Waals surface area contributed by atoms with Crippen molar-refractivity contribution in [1.82, 2.24) is 14.2 Å². The number of benzene rings is 1. The molecular weight excluding hydrogens is 413 g/mol. The molecule has 0 saturated carbocycles. The molecule has 29 heavy (non-hydrogen) atoms. The Morgan fingerprint density at radius 1 is 1.10 bits per heavy atom. The second kappa shape index (κ2) is 7.75. The van der Waals surface area contributed by atoms with E-state index in [1.165, 1.54) is 11.9 Å². The zero-order valence-electron chi connectivity index (χ0n) is 15.5. The van der Waals surface area contributed by atoms with Crippen LogP contribution in [0.4, 0.5) is 13.2 Å². The van der Waals surface area contributed by atoms with Gasteiger partial charge < -0.3 is 4.90 Å². The fourth-order valence-electron chi connectivity index (χ4n) is 3.12. The Morgan fingerprint density at radius 3 is 2.34 bits per heavy atom. The number of hydrogen-bond acceptors (Lipinski definition) is 5. The standard InChI is InChI=1S/C17H19F3N4O4S/c1-22-15(25)6-5-14(21-22)16(26)23-7-9-24(10-8-23)29(27,28)13-4-2-3-12(11-13)17(18,19)20/h2-4,11H,5-10H2,1H3. The first-order valence-electron chi connectivity index (χ1n) is 8.81. The van der Waals surface area contributed by atoms with Crippen molar-refractivity contribution in [3.8, 4) is 0 Å². The fourth-order valence-corrected chi connectivity index (χ4v) is 4.59. The summed E-state index contributed by atoms with van der Waals surface area (Å²) >= 11 is 0. The molecule has 1 aromatic carbocycles. The van der Waals surface area contributed by atoms with E-state index in [-0.39, 0.29) is 56.5 Å². The van der Waals surface area contributed by atoms with Gasteiger partial charge in [0, 0.05) is 46.1 Å². The lowest BCUT2D eigenvalue weighted by Crippen LogP contribution is -2.52. The van der Waals surface area contributed by atoms with Gasteiger partial charge in [0.15, 0.2) is 0 Å². The molecular formula is C17H19F3N4O4S. The van der Waals surface area contributed by atoms with Crippen LogP contribution in [0.25, 0.3) is 0 Å². The van der Waals surface area contributed by atoms with Crippen molar-refractivity contribution in [2.45, 2.75) is 23.9 Å². The lowest BCUT2D eigenvalue weighted by Gasteiger charge is -2.34. The van der Waals surface area contributed by atoms with Gasteiger partial charge in [0.05, 0.1) is 10.5 Å². The third kappa shape index (κ3) is 4.42. The summed E-state index contributed by atoms with van der Waals surface area (Å²) in [5, 5.41) is 5.06. The number of amides is 2. The van der Waals surface area contributed by atoms with Crippen LogP contribution in [0.2, 0.25) is 0 Å². The molecule has 2 heterocycles. The van der Waals surface area contributed by atoms with E-state index in [2.05, 4.69) is 5.10 Å². The maximum atomic E-state index is 12.9. The van der Waals surface area contributed by atoms with E-state index in [0.29, 0.717) is 6.07 Å². The third-order valence-corrected chi connectivity index (χ3v) is 6.67. The van der Waals surface area contributed by atoms with E-state index in [0.717, 1.165) is 27.5 Å². The van der Waals surface area contributed by atoms with Gasteiger partial charge in [0.25, 0.3) is 5.91 Å². The van der Waals surface area contributed by atoms with Crippen LogP contribution in [0, 0.1) is 0 Å². The second-order valence-electron chi connectivity index (χ2n) is 6.69. The molecule has 2 amide bonds. The molecule has 2 aliphatic heterocycles. The van der Waals surface area contributed by atoms with Crippen LogP contribution in [0.1, 0.15) is 18.4 Å². The van der Waals surface area contributed by atoms with Gasteiger partial charge in [0.2, 0.25) is 15.9 Å². The minimum Gasteiger partial charge on any atom is -0.335 e. The van der Waals surface area contributed by atoms with Crippen LogP contribution >= 0.6 is 0 Å². The highest BCUT2D eigenvalue weighted by Crippen LogP contribution is 2.31. The van der Waals surface area contributed by atoms with Gasteiger partial charge in [0.1, 0.15) is 5.71 Å². The third-order valence-electron chi connectivity index (χ3n) is 4.78. The molecule has 0 N–H and O–H groups in total. The summed E-state index contributed by atoms with van der Waals surface area (Å²) < 4.78 is 65.1. The number of carbonyl (C=O) groups excluding carboxylic acids is 2. The number of nitrogens with zero attached hydrogens (tertiary/aromatic N) is 4. The van der Waals surface area contributed by atoms with Crippen molar-refractivity contribution >= 4 is 27.5 Å². The zero-order chi connectivity index (χ0) is 21.4. The van der Waals surface area contributed by atoms with Crippen molar-refractivity contribution in [2.24, 2.45) is 5.10 Å². The number of carbonyl (C=O) groups is 2. The van der Waals surface area contributed by atoms with E-state index in [4.69, 9.17) is 0 Å². The van der Waals surface area contributed by atoms with Crippen LogP contribution < -0.4 is 0 Å². The predicted molar refractivity (Wildman–Crippen MR) is 96.2 cm³/mol. The molecule has 1 aromatic rings. The van der Waals surface area contributed by atoms with Crippen molar-refractivity contribution in [3.63, 3.8) is 0 Å². The molecule has 8 nitrogen and oxygen atoms in total. The van der Waals surface area contributed by atoms with E-state index < -0.39 is 26.7 Å². The summed E-state index contributed by atoms with van der Waals surface area (Å²) in [6, 6.07) is 3.58. The number of sulfonamides is 1. The molecule has 0 atom stereocenters. The number of hydrazone groups is 1. The number of alkyl halides is 3. The van der Waals surface area contributed by atoms with Crippen LogP contribution in [-0.4, -0.2) is 73.4 Å². The van der Waals surface area contributed by atoms with Crippen molar-refractivity contribution in [1.29, 1.82) is 0 Å². The number of halogens is 3. The average Bonchev–Trinajstić information content (AvgIpc) is 2.69. The maximum absolute atomic E-state index is 12.9. The highest BCUT2D eigenvalue weighted by Gasteiger charge is 2.35. The first-order valence-corrected chi connectivity index (χ1v) is 10.2. The molecule has 0 aromatic heterocycles. The average molecular weight is 432 g/mol. The van der Waals surface area contributed by atoms with Gasteiger partial charge >= 0.3 is 6.18 Å². The molecule has 0 spiro atoms. The lowest BCUT2D eigenvalue weighted by molar-refractivity contribution is -0.137. The Hall–Kier alpha value is -2.47. The summed E-state index contributed by atoms with van der Waals surface area (Å²) in [5.74, 6) is -0.570. The fraction of sp³-hybridized carbons (Fsp3) is 0.471. The van der Waals surface area contributed by atoms with Gasteiger partial charge in [-0.25, -0.2) is 13.4 Å². The second-order valence-corrected chi connectivity index (χ2v) is 8.62. The Balaban J connectivity index is 1.70. The SMILES string of the molecule is CN1N=C(C(=O)N2CCN(S(=O)(=O)c3cccc(C(F)(F)F)c3)CC2)CCC1=O. The number of rotatable bonds is 3.